The quantitative estimate of drug-likeness (QED) is 0.880. The van der Waals surface area contributed by atoms with Crippen molar-refractivity contribution < 1.29 is 14.4 Å². The number of nitrogens with zero attached hydrogens (tertiary/aromatic N) is 2. The number of aromatic hydroxyl groups is 1. The van der Waals surface area contributed by atoms with Gasteiger partial charge in [-0.2, -0.15) is 4.98 Å². The molecule has 5 heteroatoms. The van der Waals surface area contributed by atoms with Gasteiger partial charge in [-0.3, -0.25) is 0 Å². The Morgan fingerprint density at radius 1 is 1.39 bits per heavy atom. The number of rotatable bonds is 5. The summed E-state index contributed by atoms with van der Waals surface area (Å²) in [6.45, 7) is 4.39. The van der Waals surface area contributed by atoms with Gasteiger partial charge in [0.05, 0.1) is 6.42 Å². The van der Waals surface area contributed by atoms with Crippen LogP contribution in [-0.2, 0) is 11.2 Å². The largest absolute Gasteiger partial charge is 0.508 e. The molecule has 0 radical (unpaired) electrons. The number of para-hydroxylation sites is 1. The number of aromatic nitrogens is 2. The molecule has 5 nitrogen and oxygen atoms in total. The van der Waals surface area contributed by atoms with E-state index in [4.69, 9.17) is 9.26 Å². The Balaban J connectivity index is 2.09. The maximum Gasteiger partial charge on any atom is 0.231 e. The van der Waals surface area contributed by atoms with Gasteiger partial charge in [0.25, 0.3) is 0 Å². The van der Waals surface area contributed by atoms with E-state index in [1.165, 1.54) is 0 Å². The highest BCUT2D eigenvalue weighted by atomic mass is 16.5. The van der Waals surface area contributed by atoms with Crippen LogP contribution in [0.5, 0.6) is 5.75 Å². The van der Waals surface area contributed by atoms with Crippen LogP contribution in [0.3, 0.4) is 0 Å². The van der Waals surface area contributed by atoms with Crippen molar-refractivity contribution in [1.29, 1.82) is 0 Å². The molecule has 2 aromatic rings. The first-order chi connectivity index (χ1) is 8.70. The van der Waals surface area contributed by atoms with E-state index < -0.39 is 0 Å². The van der Waals surface area contributed by atoms with E-state index >= 15 is 0 Å². The molecule has 1 unspecified atom stereocenters. The van der Waals surface area contributed by atoms with Crippen LogP contribution in [0, 0.1) is 0 Å². The van der Waals surface area contributed by atoms with Crippen molar-refractivity contribution >= 4 is 0 Å². The third-order valence-electron chi connectivity index (χ3n) is 2.60. The van der Waals surface area contributed by atoms with Crippen molar-refractivity contribution in [2.75, 3.05) is 6.61 Å². The van der Waals surface area contributed by atoms with Crippen molar-refractivity contribution in [2.45, 2.75) is 26.4 Å². The van der Waals surface area contributed by atoms with Crippen LogP contribution in [0.15, 0.2) is 28.8 Å². The zero-order chi connectivity index (χ0) is 13.0. The highest BCUT2D eigenvalue weighted by molar-refractivity contribution is 5.33. The number of hydrogen-bond acceptors (Lipinski definition) is 5. The first-order valence-corrected chi connectivity index (χ1v) is 5.91. The minimum atomic E-state index is -0.183. The van der Waals surface area contributed by atoms with E-state index in [-0.39, 0.29) is 11.9 Å². The fraction of sp³-hybridized carbons (Fsp3) is 0.385. The maximum absolute atomic E-state index is 9.66. The van der Waals surface area contributed by atoms with Crippen LogP contribution in [0.4, 0.5) is 0 Å². The number of hydrogen-bond donors (Lipinski definition) is 1. The van der Waals surface area contributed by atoms with Crippen molar-refractivity contribution in [3.8, 4) is 5.75 Å². The van der Waals surface area contributed by atoms with Gasteiger partial charge in [0.2, 0.25) is 5.89 Å². The van der Waals surface area contributed by atoms with Crippen molar-refractivity contribution in [1.82, 2.24) is 10.1 Å². The summed E-state index contributed by atoms with van der Waals surface area (Å²) in [7, 11) is 0. The summed E-state index contributed by atoms with van der Waals surface area (Å²) in [4.78, 5) is 4.25. The van der Waals surface area contributed by atoms with Crippen LogP contribution in [-0.4, -0.2) is 21.9 Å². The molecule has 0 aliphatic carbocycles. The van der Waals surface area contributed by atoms with E-state index in [1.54, 1.807) is 12.1 Å². The molecule has 1 atom stereocenters. The first kappa shape index (κ1) is 12.6. The average molecular weight is 248 g/mol. The summed E-state index contributed by atoms with van der Waals surface area (Å²) in [5.41, 5.74) is 0.761. The Morgan fingerprint density at radius 3 is 2.89 bits per heavy atom. The van der Waals surface area contributed by atoms with E-state index in [0.29, 0.717) is 24.7 Å². The van der Waals surface area contributed by atoms with E-state index in [1.807, 2.05) is 26.0 Å². The molecule has 0 bridgehead atoms. The monoisotopic (exact) mass is 248 g/mol. The summed E-state index contributed by atoms with van der Waals surface area (Å²) in [6.07, 6.45) is 0.232. The molecule has 0 aliphatic rings. The second kappa shape index (κ2) is 5.64. The van der Waals surface area contributed by atoms with Gasteiger partial charge in [-0.15, -0.1) is 0 Å². The molecule has 0 spiro atoms. The Bertz CT molecular complexity index is 510. The molecule has 1 heterocycles. The van der Waals surface area contributed by atoms with Crippen molar-refractivity contribution in [2.24, 2.45) is 0 Å². The molecule has 0 saturated heterocycles. The van der Waals surface area contributed by atoms with Gasteiger partial charge in [0.15, 0.2) is 5.82 Å². The predicted molar refractivity (Wildman–Crippen MR) is 65.3 cm³/mol. The molecule has 96 valence electrons. The molecular formula is C13H16N2O3. The molecule has 0 saturated carbocycles. The van der Waals surface area contributed by atoms with Crippen LogP contribution in [0.25, 0.3) is 0 Å². The fourth-order valence-electron chi connectivity index (χ4n) is 1.65. The second-order valence-electron chi connectivity index (χ2n) is 3.95. The molecule has 0 amide bonds. The van der Waals surface area contributed by atoms with E-state index in [0.717, 1.165) is 5.56 Å². The minimum absolute atomic E-state index is 0.183. The maximum atomic E-state index is 9.66. The van der Waals surface area contributed by atoms with Gasteiger partial charge in [0, 0.05) is 12.2 Å². The van der Waals surface area contributed by atoms with Crippen LogP contribution >= 0.6 is 0 Å². The van der Waals surface area contributed by atoms with Gasteiger partial charge < -0.3 is 14.4 Å². The lowest BCUT2D eigenvalue weighted by molar-refractivity contribution is 0.0683. The van der Waals surface area contributed by atoms with E-state index in [9.17, 15) is 5.11 Å². The summed E-state index contributed by atoms with van der Waals surface area (Å²) in [6, 6.07) is 7.09. The highest BCUT2D eigenvalue weighted by Crippen LogP contribution is 2.20. The smallest absolute Gasteiger partial charge is 0.231 e. The predicted octanol–water partition coefficient (Wildman–Crippen LogP) is 2.46. The number of benzene rings is 1. The zero-order valence-electron chi connectivity index (χ0n) is 10.5. The third kappa shape index (κ3) is 2.87. The highest BCUT2D eigenvalue weighted by Gasteiger charge is 2.14. The molecule has 1 aromatic heterocycles. The normalized spacial score (nSPS) is 12.6. The topological polar surface area (TPSA) is 68.4 Å². The van der Waals surface area contributed by atoms with Gasteiger partial charge in [-0.05, 0) is 19.9 Å². The fourth-order valence-corrected chi connectivity index (χ4v) is 1.65. The van der Waals surface area contributed by atoms with Crippen molar-refractivity contribution in [3.63, 3.8) is 0 Å². The minimum Gasteiger partial charge on any atom is -0.508 e. The average Bonchev–Trinajstić information content (AvgIpc) is 2.81. The van der Waals surface area contributed by atoms with Crippen LogP contribution in [0.2, 0.25) is 0 Å². The summed E-state index contributed by atoms with van der Waals surface area (Å²) < 4.78 is 10.5. The Hall–Kier alpha value is -1.88. The molecule has 0 fully saturated rings. The summed E-state index contributed by atoms with van der Waals surface area (Å²) in [5.74, 6) is 1.23. The summed E-state index contributed by atoms with van der Waals surface area (Å²) >= 11 is 0. The molecule has 0 aliphatic heterocycles. The number of ether oxygens (including phenoxy) is 1. The molecule has 2 rings (SSSR count). The third-order valence-corrected chi connectivity index (χ3v) is 2.60. The molecule has 1 aromatic carbocycles. The van der Waals surface area contributed by atoms with Gasteiger partial charge in [0.1, 0.15) is 11.9 Å². The van der Waals surface area contributed by atoms with Gasteiger partial charge in [-0.25, -0.2) is 0 Å². The standard InChI is InChI=1S/C13H16N2O3/c1-3-17-9(2)13-14-12(18-15-13)8-10-6-4-5-7-11(10)16/h4-7,9,16H,3,8H2,1-2H3. The molecular weight excluding hydrogens is 232 g/mol. The Morgan fingerprint density at radius 2 is 2.17 bits per heavy atom. The second-order valence-corrected chi connectivity index (χ2v) is 3.95. The SMILES string of the molecule is CCOC(C)c1noc(Cc2ccccc2O)n1. The lowest BCUT2D eigenvalue weighted by atomic mass is 10.1. The molecule has 18 heavy (non-hydrogen) atoms. The summed E-state index contributed by atoms with van der Waals surface area (Å²) in [5, 5.41) is 13.5. The first-order valence-electron chi connectivity index (χ1n) is 5.91. The van der Waals surface area contributed by atoms with Crippen LogP contribution < -0.4 is 0 Å². The van der Waals surface area contributed by atoms with Gasteiger partial charge in [-0.1, -0.05) is 23.4 Å². The zero-order valence-corrected chi connectivity index (χ0v) is 10.5. The Kier molecular flexibility index (Phi) is 3.94. The lowest BCUT2D eigenvalue weighted by Gasteiger charge is -2.04. The Labute approximate surface area is 105 Å². The van der Waals surface area contributed by atoms with E-state index in [2.05, 4.69) is 10.1 Å². The number of phenols is 1. The molecule has 1 N–H and O–H groups in total. The van der Waals surface area contributed by atoms with Gasteiger partial charge >= 0.3 is 0 Å². The number of phenolic OH excluding ortho intramolecular Hbond substituents is 1. The van der Waals surface area contributed by atoms with Crippen molar-refractivity contribution in [3.05, 3.63) is 41.5 Å². The lowest BCUT2D eigenvalue weighted by Crippen LogP contribution is -2.01. The van der Waals surface area contributed by atoms with Crippen LogP contribution in [0.1, 0.15) is 37.2 Å².